The average Bonchev–Trinajstić information content (AvgIpc) is 2.49. The number of carboxylic acids is 1. The third-order valence-electron chi connectivity index (χ3n) is 3.74. The standard InChI is InChI=1S/C18H17F2NO3/c1-10-3-4-12(5-11(10)2)6-16(18(23)24)21-17(22)13-7-14(19)9-15(20)8-13/h3-5,7-9,16H,6H2,1-2H3,(H,21,22)(H,23,24)/t16-/m1/s1. The first kappa shape index (κ1) is 17.6. The van der Waals surface area contributed by atoms with Crippen LogP contribution in [0, 0.1) is 25.5 Å². The molecule has 4 nitrogen and oxygen atoms in total. The summed E-state index contributed by atoms with van der Waals surface area (Å²) in [4.78, 5) is 23.5. The molecule has 1 amide bonds. The van der Waals surface area contributed by atoms with Crippen molar-refractivity contribution in [3.63, 3.8) is 0 Å². The third-order valence-corrected chi connectivity index (χ3v) is 3.74. The molecule has 0 heterocycles. The Morgan fingerprint density at radius 2 is 1.67 bits per heavy atom. The lowest BCUT2D eigenvalue weighted by atomic mass is 10.0. The van der Waals surface area contributed by atoms with Gasteiger partial charge in [-0.1, -0.05) is 18.2 Å². The zero-order valence-corrected chi connectivity index (χ0v) is 13.3. The second kappa shape index (κ2) is 7.21. The summed E-state index contributed by atoms with van der Waals surface area (Å²) >= 11 is 0. The van der Waals surface area contributed by atoms with Crippen LogP contribution >= 0.6 is 0 Å². The number of nitrogens with one attached hydrogen (secondary N) is 1. The van der Waals surface area contributed by atoms with E-state index in [4.69, 9.17) is 0 Å². The van der Waals surface area contributed by atoms with Crippen LogP contribution in [0.15, 0.2) is 36.4 Å². The Labute approximate surface area is 138 Å². The molecule has 0 aliphatic carbocycles. The van der Waals surface area contributed by atoms with Gasteiger partial charge >= 0.3 is 5.97 Å². The van der Waals surface area contributed by atoms with Gasteiger partial charge in [-0.2, -0.15) is 0 Å². The van der Waals surface area contributed by atoms with Crippen LogP contribution in [0.1, 0.15) is 27.0 Å². The van der Waals surface area contributed by atoms with Crippen LogP contribution in [-0.4, -0.2) is 23.0 Å². The van der Waals surface area contributed by atoms with E-state index in [2.05, 4.69) is 5.32 Å². The molecule has 0 spiro atoms. The minimum atomic E-state index is -1.22. The fraction of sp³-hybridized carbons (Fsp3) is 0.222. The topological polar surface area (TPSA) is 66.4 Å². The lowest BCUT2D eigenvalue weighted by Gasteiger charge is -2.15. The molecule has 0 aromatic heterocycles. The fourth-order valence-corrected chi connectivity index (χ4v) is 2.29. The maximum Gasteiger partial charge on any atom is 0.326 e. The molecular formula is C18H17F2NO3. The maximum absolute atomic E-state index is 13.2. The number of benzene rings is 2. The normalized spacial score (nSPS) is 11.8. The summed E-state index contributed by atoms with van der Waals surface area (Å²) in [6, 6.07) is 6.64. The van der Waals surface area contributed by atoms with E-state index < -0.39 is 29.6 Å². The first-order chi connectivity index (χ1) is 11.3. The van der Waals surface area contributed by atoms with Gasteiger partial charge in [-0.15, -0.1) is 0 Å². The molecule has 6 heteroatoms. The SMILES string of the molecule is Cc1ccc(C[C@@H](NC(=O)c2cc(F)cc(F)c2)C(=O)O)cc1C. The molecule has 1 atom stereocenters. The van der Waals surface area contributed by atoms with Gasteiger partial charge in [0.15, 0.2) is 0 Å². The summed E-state index contributed by atoms with van der Waals surface area (Å²) in [6.45, 7) is 3.84. The number of carboxylic acid groups (broad SMARTS) is 1. The molecule has 2 rings (SSSR count). The third kappa shape index (κ3) is 4.38. The molecule has 0 saturated carbocycles. The highest BCUT2D eigenvalue weighted by Crippen LogP contribution is 2.13. The fourth-order valence-electron chi connectivity index (χ4n) is 2.29. The van der Waals surface area contributed by atoms with E-state index in [1.54, 1.807) is 6.07 Å². The van der Waals surface area contributed by atoms with Crippen LogP contribution in [0.5, 0.6) is 0 Å². The summed E-state index contributed by atoms with van der Waals surface area (Å²) in [5.74, 6) is -3.87. The van der Waals surface area contributed by atoms with Crippen molar-refractivity contribution in [3.05, 3.63) is 70.3 Å². The predicted molar refractivity (Wildman–Crippen MR) is 84.9 cm³/mol. The largest absolute Gasteiger partial charge is 0.480 e. The van der Waals surface area contributed by atoms with Gasteiger partial charge in [0.2, 0.25) is 0 Å². The lowest BCUT2D eigenvalue weighted by Crippen LogP contribution is -2.42. The van der Waals surface area contributed by atoms with Gasteiger partial charge in [0, 0.05) is 18.1 Å². The summed E-state index contributed by atoms with van der Waals surface area (Å²) in [6.07, 6.45) is 0.0694. The van der Waals surface area contributed by atoms with Crippen molar-refractivity contribution in [2.24, 2.45) is 0 Å². The quantitative estimate of drug-likeness (QED) is 0.884. The van der Waals surface area contributed by atoms with Crippen molar-refractivity contribution in [1.29, 1.82) is 0 Å². The molecule has 0 fully saturated rings. The summed E-state index contributed by atoms with van der Waals surface area (Å²) in [7, 11) is 0. The van der Waals surface area contributed by atoms with Crippen molar-refractivity contribution in [3.8, 4) is 0 Å². The van der Waals surface area contributed by atoms with Crippen molar-refractivity contribution >= 4 is 11.9 Å². The number of carbonyl (C=O) groups excluding carboxylic acids is 1. The van der Waals surface area contributed by atoms with Crippen LogP contribution < -0.4 is 5.32 Å². The molecule has 24 heavy (non-hydrogen) atoms. The highest BCUT2D eigenvalue weighted by atomic mass is 19.1. The first-order valence-corrected chi connectivity index (χ1v) is 7.32. The van der Waals surface area contributed by atoms with Gasteiger partial charge in [0.1, 0.15) is 17.7 Å². The number of amides is 1. The molecule has 2 aromatic carbocycles. The summed E-state index contributed by atoms with van der Waals surface area (Å²) in [5.41, 5.74) is 2.56. The molecule has 0 aliphatic heterocycles. The Morgan fingerprint density at radius 1 is 1.04 bits per heavy atom. The van der Waals surface area contributed by atoms with E-state index in [1.807, 2.05) is 26.0 Å². The maximum atomic E-state index is 13.2. The van der Waals surface area contributed by atoms with Crippen molar-refractivity contribution in [2.75, 3.05) is 0 Å². The van der Waals surface area contributed by atoms with Gasteiger partial charge in [-0.3, -0.25) is 4.79 Å². The van der Waals surface area contributed by atoms with Crippen LogP contribution in [-0.2, 0) is 11.2 Å². The zero-order chi connectivity index (χ0) is 17.9. The van der Waals surface area contributed by atoms with Gasteiger partial charge in [-0.05, 0) is 42.7 Å². The lowest BCUT2D eigenvalue weighted by molar-refractivity contribution is -0.139. The van der Waals surface area contributed by atoms with Gasteiger partial charge in [0.05, 0.1) is 0 Å². The van der Waals surface area contributed by atoms with Crippen molar-refractivity contribution in [1.82, 2.24) is 5.32 Å². The molecule has 0 unspecified atom stereocenters. The second-order valence-electron chi connectivity index (χ2n) is 5.65. The molecule has 2 N–H and O–H groups in total. The van der Waals surface area contributed by atoms with E-state index in [1.165, 1.54) is 0 Å². The molecule has 0 aliphatic rings. The number of aliphatic carboxylic acids is 1. The van der Waals surface area contributed by atoms with E-state index in [9.17, 15) is 23.5 Å². The highest BCUT2D eigenvalue weighted by molar-refractivity contribution is 5.96. The number of carbonyl (C=O) groups is 2. The van der Waals surface area contributed by atoms with Crippen LogP contribution in [0.25, 0.3) is 0 Å². The number of rotatable bonds is 5. The predicted octanol–water partition coefficient (Wildman–Crippen LogP) is 3.01. The molecule has 0 bridgehead atoms. The molecule has 126 valence electrons. The minimum Gasteiger partial charge on any atom is -0.480 e. The average molecular weight is 333 g/mol. The number of hydrogen-bond donors (Lipinski definition) is 2. The number of halogens is 2. The van der Waals surface area contributed by atoms with Gasteiger partial charge in [-0.25, -0.2) is 13.6 Å². The summed E-state index contributed by atoms with van der Waals surface area (Å²) < 4.78 is 26.4. The molecule has 0 saturated heterocycles. The Hall–Kier alpha value is -2.76. The van der Waals surface area contributed by atoms with E-state index in [0.717, 1.165) is 28.8 Å². The minimum absolute atomic E-state index is 0.0694. The molecule has 2 aromatic rings. The second-order valence-corrected chi connectivity index (χ2v) is 5.65. The Bertz CT molecular complexity index is 770. The smallest absolute Gasteiger partial charge is 0.326 e. The van der Waals surface area contributed by atoms with Gasteiger partial charge in [0.25, 0.3) is 5.91 Å². The zero-order valence-electron chi connectivity index (χ0n) is 13.3. The van der Waals surface area contributed by atoms with Crippen molar-refractivity contribution in [2.45, 2.75) is 26.3 Å². The number of aryl methyl sites for hydroxylation is 2. The monoisotopic (exact) mass is 333 g/mol. The van der Waals surface area contributed by atoms with Gasteiger partial charge < -0.3 is 10.4 Å². The molecule has 0 radical (unpaired) electrons. The highest BCUT2D eigenvalue weighted by Gasteiger charge is 2.22. The summed E-state index contributed by atoms with van der Waals surface area (Å²) in [5, 5.41) is 11.6. The number of hydrogen-bond acceptors (Lipinski definition) is 2. The van der Waals surface area contributed by atoms with Crippen LogP contribution in [0.4, 0.5) is 8.78 Å². The Balaban J connectivity index is 2.17. The van der Waals surface area contributed by atoms with E-state index in [-0.39, 0.29) is 12.0 Å². The van der Waals surface area contributed by atoms with Crippen LogP contribution in [0.3, 0.4) is 0 Å². The van der Waals surface area contributed by atoms with E-state index in [0.29, 0.717) is 6.07 Å². The van der Waals surface area contributed by atoms with E-state index >= 15 is 0 Å². The van der Waals surface area contributed by atoms with Crippen molar-refractivity contribution < 1.29 is 23.5 Å². The Morgan fingerprint density at radius 3 is 2.21 bits per heavy atom. The van der Waals surface area contributed by atoms with Crippen LogP contribution in [0.2, 0.25) is 0 Å². The Kier molecular flexibility index (Phi) is 5.28. The first-order valence-electron chi connectivity index (χ1n) is 7.32. The molecular weight excluding hydrogens is 316 g/mol.